The molecule has 0 radical (unpaired) electrons. The number of carbonyl (C=O) groups is 1. The molecule has 1 aromatic rings. The van der Waals surface area contributed by atoms with E-state index in [1.807, 2.05) is 25.1 Å². The SMILES string of the molecule is Cc1ccc(Br)cc1OCC(C)(C)C(=O)NN. The van der Waals surface area contributed by atoms with Gasteiger partial charge in [0.25, 0.3) is 0 Å². The van der Waals surface area contributed by atoms with Gasteiger partial charge in [-0.15, -0.1) is 0 Å². The molecule has 0 spiro atoms. The minimum Gasteiger partial charge on any atom is -0.492 e. The van der Waals surface area contributed by atoms with Gasteiger partial charge >= 0.3 is 0 Å². The van der Waals surface area contributed by atoms with Gasteiger partial charge in [0, 0.05) is 4.47 Å². The second-order valence-electron chi connectivity index (χ2n) is 4.56. The van der Waals surface area contributed by atoms with E-state index < -0.39 is 5.41 Å². The van der Waals surface area contributed by atoms with E-state index in [9.17, 15) is 4.79 Å². The van der Waals surface area contributed by atoms with E-state index in [1.54, 1.807) is 13.8 Å². The van der Waals surface area contributed by atoms with Crippen LogP contribution in [0.5, 0.6) is 5.75 Å². The van der Waals surface area contributed by atoms with Crippen molar-refractivity contribution >= 4 is 21.8 Å². The average molecular weight is 301 g/mol. The third kappa shape index (κ3) is 3.71. The molecule has 0 aliphatic rings. The molecule has 0 atom stereocenters. The molecule has 5 heteroatoms. The molecule has 0 unspecified atom stereocenters. The Morgan fingerprint density at radius 2 is 2.18 bits per heavy atom. The Labute approximate surface area is 110 Å². The highest BCUT2D eigenvalue weighted by molar-refractivity contribution is 9.10. The van der Waals surface area contributed by atoms with E-state index in [0.717, 1.165) is 15.8 Å². The molecule has 1 aromatic carbocycles. The molecule has 0 bridgehead atoms. The van der Waals surface area contributed by atoms with E-state index >= 15 is 0 Å². The van der Waals surface area contributed by atoms with Gasteiger partial charge in [-0.2, -0.15) is 0 Å². The minimum atomic E-state index is -0.663. The van der Waals surface area contributed by atoms with Crippen molar-refractivity contribution < 1.29 is 9.53 Å². The third-order valence-electron chi connectivity index (χ3n) is 2.48. The number of nitrogens with two attached hydrogens (primary N) is 1. The highest BCUT2D eigenvalue weighted by atomic mass is 79.9. The van der Waals surface area contributed by atoms with Crippen LogP contribution in [0.25, 0.3) is 0 Å². The van der Waals surface area contributed by atoms with E-state index in [2.05, 4.69) is 21.4 Å². The molecule has 1 rings (SSSR count). The van der Waals surface area contributed by atoms with Gasteiger partial charge in [0.05, 0.1) is 5.41 Å². The Balaban J connectivity index is 2.73. The number of hydrogen-bond acceptors (Lipinski definition) is 3. The standard InChI is InChI=1S/C12H17BrN2O2/c1-8-4-5-9(13)6-10(8)17-7-12(2,3)11(16)15-14/h4-6H,7,14H2,1-3H3,(H,15,16). The van der Waals surface area contributed by atoms with Crippen LogP contribution in [0.15, 0.2) is 22.7 Å². The summed E-state index contributed by atoms with van der Waals surface area (Å²) in [6, 6.07) is 5.78. The van der Waals surface area contributed by atoms with Gasteiger partial charge in [0.15, 0.2) is 0 Å². The molecular formula is C12H17BrN2O2. The van der Waals surface area contributed by atoms with Crippen molar-refractivity contribution in [1.82, 2.24) is 5.43 Å². The van der Waals surface area contributed by atoms with E-state index in [4.69, 9.17) is 10.6 Å². The first-order valence-electron chi connectivity index (χ1n) is 5.27. The molecular weight excluding hydrogens is 284 g/mol. The highest BCUT2D eigenvalue weighted by Gasteiger charge is 2.28. The number of amides is 1. The van der Waals surface area contributed by atoms with Crippen LogP contribution in [0, 0.1) is 12.3 Å². The van der Waals surface area contributed by atoms with Crippen LogP contribution in [0.2, 0.25) is 0 Å². The van der Waals surface area contributed by atoms with Gasteiger partial charge in [-0.3, -0.25) is 10.2 Å². The molecule has 0 aliphatic carbocycles. The van der Waals surface area contributed by atoms with Crippen LogP contribution < -0.4 is 16.0 Å². The number of nitrogens with one attached hydrogen (secondary N) is 1. The van der Waals surface area contributed by atoms with Crippen molar-refractivity contribution in [2.45, 2.75) is 20.8 Å². The van der Waals surface area contributed by atoms with Gasteiger partial charge in [-0.1, -0.05) is 22.0 Å². The number of benzene rings is 1. The lowest BCUT2D eigenvalue weighted by Gasteiger charge is -2.23. The number of ether oxygens (including phenoxy) is 1. The Kier molecular flexibility index (Phi) is 4.54. The van der Waals surface area contributed by atoms with Crippen LogP contribution in [0.4, 0.5) is 0 Å². The average Bonchev–Trinajstić information content (AvgIpc) is 2.29. The number of carbonyl (C=O) groups excluding carboxylic acids is 1. The number of hydrazine groups is 1. The molecule has 94 valence electrons. The number of aryl methyl sites for hydroxylation is 1. The zero-order valence-corrected chi connectivity index (χ0v) is 11.8. The summed E-state index contributed by atoms with van der Waals surface area (Å²) < 4.78 is 6.60. The highest BCUT2D eigenvalue weighted by Crippen LogP contribution is 2.25. The van der Waals surface area contributed by atoms with Crippen LogP contribution in [0.3, 0.4) is 0 Å². The fraction of sp³-hybridized carbons (Fsp3) is 0.417. The summed E-state index contributed by atoms with van der Waals surface area (Å²) in [5.74, 6) is 5.63. The Hall–Kier alpha value is -1.07. The van der Waals surface area contributed by atoms with Crippen molar-refractivity contribution in [3.05, 3.63) is 28.2 Å². The second kappa shape index (κ2) is 5.51. The van der Waals surface area contributed by atoms with Crippen molar-refractivity contribution in [1.29, 1.82) is 0 Å². The summed E-state index contributed by atoms with van der Waals surface area (Å²) in [4.78, 5) is 11.5. The predicted octanol–water partition coefficient (Wildman–Crippen LogP) is 2.15. The zero-order chi connectivity index (χ0) is 13.1. The lowest BCUT2D eigenvalue weighted by Crippen LogP contribution is -2.44. The lowest BCUT2D eigenvalue weighted by atomic mass is 9.94. The first-order chi connectivity index (χ1) is 7.86. The number of rotatable bonds is 4. The van der Waals surface area contributed by atoms with Crippen molar-refractivity contribution in [3.8, 4) is 5.75 Å². The minimum absolute atomic E-state index is 0.245. The largest absolute Gasteiger partial charge is 0.492 e. The van der Waals surface area contributed by atoms with Gasteiger partial charge in [0.1, 0.15) is 12.4 Å². The first kappa shape index (κ1) is 14.0. The molecule has 4 nitrogen and oxygen atoms in total. The maximum absolute atomic E-state index is 11.5. The van der Waals surface area contributed by atoms with Gasteiger partial charge < -0.3 is 4.74 Å². The molecule has 17 heavy (non-hydrogen) atoms. The molecule has 0 saturated carbocycles. The molecule has 0 aromatic heterocycles. The molecule has 3 N–H and O–H groups in total. The normalized spacial score (nSPS) is 11.1. The summed E-state index contributed by atoms with van der Waals surface area (Å²) in [5.41, 5.74) is 2.50. The predicted molar refractivity (Wildman–Crippen MR) is 70.5 cm³/mol. The van der Waals surface area contributed by atoms with E-state index in [0.29, 0.717) is 0 Å². The fourth-order valence-corrected chi connectivity index (χ4v) is 1.59. The Morgan fingerprint density at radius 3 is 2.76 bits per heavy atom. The number of hydrogen-bond donors (Lipinski definition) is 2. The van der Waals surface area contributed by atoms with Crippen LogP contribution >= 0.6 is 15.9 Å². The first-order valence-corrected chi connectivity index (χ1v) is 6.06. The van der Waals surface area contributed by atoms with Crippen molar-refractivity contribution in [2.75, 3.05) is 6.61 Å². The Morgan fingerprint density at radius 1 is 1.53 bits per heavy atom. The quantitative estimate of drug-likeness (QED) is 0.509. The Bertz CT molecular complexity index is 419. The van der Waals surface area contributed by atoms with Crippen LogP contribution in [0.1, 0.15) is 19.4 Å². The summed E-state index contributed by atoms with van der Waals surface area (Å²) >= 11 is 3.38. The fourth-order valence-electron chi connectivity index (χ4n) is 1.25. The van der Waals surface area contributed by atoms with Crippen molar-refractivity contribution in [2.24, 2.45) is 11.3 Å². The molecule has 1 amide bonds. The topological polar surface area (TPSA) is 64.3 Å². The summed E-state index contributed by atoms with van der Waals surface area (Å²) in [5, 5.41) is 0. The summed E-state index contributed by atoms with van der Waals surface area (Å²) in [6.07, 6.45) is 0. The molecule has 0 heterocycles. The van der Waals surface area contributed by atoms with E-state index in [-0.39, 0.29) is 12.5 Å². The van der Waals surface area contributed by atoms with Crippen LogP contribution in [-0.4, -0.2) is 12.5 Å². The smallest absolute Gasteiger partial charge is 0.242 e. The number of halogens is 1. The monoisotopic (exact) mass is 300 g/mol. The summed E-state index contributed by atoms with van der Waals surface area (Å²) in [6.45, 7) is 5.79. The maximum atomic E-state index is 11.5. The van der Waals surface area contributed by atoms with Crippen molar-refractivity contribution in [3.63, 3.8) is 0 Å². The van der Waals surface area contributed by atoms with Crippen LogP contribution in [-0.2, 0) is 4.79 Å². The summed E-state index contributed by atoms with van der Waals surface area (Å²) in [7, 11) is 0. The maximum Gasteiger partial charge on any atom is 0.242 e. The molecule has 0 aliphatic heterocycles. The lowest BCUT2D eigenvalue weighted by molar-refractivity contribution is -0.130. The van der Waals surface area contributed by atoms with Gasteiger partial charge in [0.2, 0.25) is 5.91 Å². The van der Waals surface area contributed by atoms with Gasteiger partial charge in [-0.25, -0.2) is 5.84 Å². The van der Waals surface area contributed by atoms with E-state index in [1.165, 1.54) is 0 Å². The zero-order valence-electron chi connectivity index (χ0n) is 10.2. The molecule has 0 saturated heterocycles. The van der Waals surface area contributed by atoms with Gasteiger partial charge in [-0.05, 0) is 38.5 Å². The third-order valence-corrected chi connectivity index (χ3v) is 2.98. The second-order valence-corrected chi connectivity index (χ2v) is 5.47. The molecule has 0 fully saturated rings.